The Morgan fingerprint density at radius 1 is 1.32 bits per heavy atom. The van der Waals surface area contributed by atoms with Crippen LogP contribution in [0.3, 0.4) is 0 Å². The molecule has 8 heteroatoms. The molecular weight excluding hydrogens is 391 g/mol. The number of hydrogen-bond acceptors (Lipinski definition) is 3. The van der Waals surface area contributed by atoms with Crippen LogP contribution >= 0.6 is 11.6 Å². The van der Waals surface area contributed by atoms with Gasteiger partial charge in [0.1, 0.15) is 6.67 Å². The third-order valence-electron chi connectivity index (χ3n) is 5.96. The Kier molecular flexibility index (Phi) is 6.57. The van der Waals surface area contributed by atoms with Crippen molar-refractivity contribution in [3.63, 3.8) is 0 Å². The van der Waals surface area contributed by atoms with Crippen LogP contribution in [0.5, 0.6) is 0 Å². The number of halogens is 4. The van der Waals surface area contributed by atoms with E-state index >= 15 is 0 Å². The second kappa shape index (κ2) is 8.59. The van der Waals surface area contributed by atoms with Gasteiger partial charge >= 0.3 is 0 Å². The molecule has 1 atom stereocenters. The van der Waals surface area contributed by atoms with Gasteiger partial charge in [-0.25, -0.2) is 13.2 Å². The van der Waals surface area contributed by atoms with Gasteiger partial charge in [0, 0.05) is 50.6 Å². The molecule has 1 aromatic rings. The zero-order valence-electron chi connectivity index (χ0n) is 16.0. The van der Waals surface area contributed by atoms with Crippen molar-refractivity contribution in [3.8, 4) is 0 Å². The number of hydrogen-bond donors (Lipinski definition) is 2. The van der Waals surface area contributed by atoms with Crippen LogP contribution in [-0.2, 0) is 6.67 Å². The Bertz CT molecular complexity index is 706. The zero-order valence-corrected chi connectivity index (χ0v) is 16.8. The molecule has 0 aromatic heterocycles. The van der Waals surface area contributed by atoms with Gasteiger partial charge in [0.05, 0.1) is 10.6 Å². The molecule has 2 fully saturated rings. The standard InChI is InChI=1S/C20H27ClF3N3O/c1-14-12-27(9-8-25-14)19(4-6-20(23,24)7-5-19)13-26-18(28)16-3-2-15(11-22)10-17(16)21/h2-3,10,14,25H,4-9,11-13H2,1H3,(H,26,28). The lowest BCUT2D eigenvalue weighted by atomic mass is 9.77. The lowest BCUT2D eigenvalue weighted by molar-refractivity contribution is -0.0852. The van der Waals surface area contributed by atoms with Crippen molar-refractivity contribution in [2.75, 3.05) is 26.2 Å². The molecule has 1 saturated carbocycles. The number of carbonyl (C=O) groups excluding carboxylic acids is 1. The van der Waals surface area contributed by atoms with Crippen molar-refractivity contribution < 1.29 is 18.0 Å². The Morgan fingerprint density at radius 3 is 2.64 bits per heavy atom. The van der Waals surface area contributed by atoms with E-state index in [-0.39, 0.29) is 41.9 Å². The molecule has 2 N–H and O–H groups in total. The van der Waals surface area contributed by atoms with E-state index in [0.29, 0.717) is 18.4 Å². The topological polar surface area (TPSA) is 44.4 Å². The number of benzene rings is 1. The highest BCUT2D eigenvalue weighted by molar-refractivity contribution is 6.33. The largest absolute Gasteiger partial charge is 0.350 e. The number of rotatable bonds is 5. The monoisotopic (exact) mass is 417 g/mol. The van der Waals surface area contributed by atoms with Crippen molar-refractivity contribution in [2.45, 2.75) is 56.8 Å². The number of nitrogens with zero attached hydrogens (tertiary/aromatic N) is 1. The van der Waals surface area contributed by atoms with Gasteiger partial charge in [-0.05, 0) is 37.5 Å². The molecule has 1 aliphatic carbocycles. The van der Waals surface area contributed by atoms with Crippen LogP contribution in [0.15, 0.2) is 18.2 Å². The van der Waals surface area contributed by atoms with Gasteiger partial charge in [-0.1, -0.05) is 17.7 Å². The molecule has 1 amide bonds. The average Bonchev–Trinajstić information content (AvgIpc) is 2.67. The summed E-state index contributed by atoms with van der Waals surface area (Å²) < 4.78 is 40.4. The molecule has 28 heavy (non-hydrogen) atoms. The predicted octanol–water partition coefficient (Wildman–Crippen LogP) is 3.78. The van der Waals surface area contributed by atoms with E-state index in [2.05, 4.69) is 22.5 Å². The van der Waals surface area contributed by atoms with E-state index in [9.17, 15) is 18.0 Å². The highest BCUT2D eigenvalue weighted by Gasteiger charge is 2.47. The molecule has 1 aliphatic heterocycles. The maximum Gasteiger partial charge on any atom is 0.252 e. The third kappa shape index (κ3) is 4.81. The third-order valence-corrected chi connectivity index (χ3v) is 6.27. The van der Waals surface area contributed by atoms with Crippen LogP contribution in [-0.4, -0.2) is 54.5 Å². The molecule has 0 spiro atoms. The lowest BCUT2D eigenvalue weighted by Crippen LogP contribution is -2.64. The molecule has 1 saturated heterocycles. The zero-order chi connectivity index (χ0) is 20.4. The van der Waals surface area contributed by atoms with E-state index in [1.807, 2.05) is 0 Å². The minimum Gasteiger partial charge on any atom is -0.350 e. The first-order chi connectivity index (χ1) is 13.2. The Hall–Kier alpha value is -1.31. The van der Waals surface area contributed by atoms with Crippen LogP contribution in [0.2, 0.25) is 5.02 Å². The molecule has 156 valence electrons. The van der Waals surface area contributed by atoms with Crippen molar-refractivity contribution >= 4 is 17.5 Å². The molecule has 1 heterocycles. The van der Waals surface area contributed by atoms with E-state index in [1.54, 1.807) is 0 Å². The first-order valence-corrected chi connectivity index (χ1v) is 10.1. The van der Waals surface area contributed by atoms with Crippen LogP contribution in [0.4, 0.5) is 13.2 Å². The van der Waals surface area contributed by atoms with E-state index in [1.165, 1.54) is 18.2 Å². The molecule has 1 unspecified atom stereocenters. The minimum absolute atomic E-state index is 0.173. The summed E-state index contributed by atoms with van der Waals surface area (Å²) in [5.74, 6) is -3.01. The summed E-state index contributed by atoms with van der Waals surface area (Å²) in [5, 5.41) is 6.46. The SMILES string of the molecule is CC1CN(C2(CNC(=O)c3ccc(CF)cc3Cl)CCC(F)(F)CC2)CCN1. The molecule has 1 aromatic carbocycles. The number of alkyl halides is 3. The van der Waals surface area contributed by atoms with E-state index in [4.69, 9.17) is 11.6 Å². The van der Waals surface area contributed by atoms with Crippen molar-refractivity contribution in [2.24, 2.45) is 0 Å². The average molecular weight is 418 g/mol. The fourth-order valence-electron chi connectivity index (χ4n) is 4.21. The second-order valence-electron chi connectivity index (χ2n) is 8.01. The van der Waals surface area contributed by atoms with Gasteiger partial charge in [0.15, 0.2) is 0 Å². The fourth-order valence-corrected chi connectivity index (χ4v) is 4.50. The molecule has 4 nitrogen and oxygen atoms in total. The number of carbonyl (C=O) groups is 1. The van der Waals surface area contributed by atoms with Crippen molar-refractivity contribution in [1.29, 1.82) is 0 Å². The van der Waals surface area contributed by atoms with Gasteiger partial charge < -0.3 is 10.6 Å². The quantitative estimate of drug-likeness (QED) is 0.766. The highest BCUT2D eigenvalue weighted by Crippen LogP contribution is 2.41. The van der Waals surface area contributed by atoms with Crippen LogP contribution in [0.25, 0.3) is 0 Å². The van der Waals surface area contributed by atoms with Gasteiger partial charge in [-0.15, -0.1) is 0 Å². The first-order valence-electron chi connectivity index (χ1n) is 9.74. The molecule has 0 radical (unpaired) electrons. The van der Waals surface area contributed by atoms with Crippen LogP contribution < -0.4 is 10.6 Å². The fraction of sp³-hybridized carbons (Fsp3) is 0.650. The smallest absolute Gasteiger partial charge is 0.252 e. The highest BCUT2D eigenvalue weighted by atomic mass is 35.5. The van der Waals surface area contributed by atoms with Crippen LogP contribution in [0, 0.1) is 0 Å². The van der Waals surface area contributed by atoms with Gasteiger partial charge in [0.2, 0.25) is 5.92 Å². The number of piperazine rings is 1. The number of amides is 1. The van der Waals surface area contributed by atoms with Gasteiger partial charge in [-0.2, -0.15) is 0 Å². The number of nitrogens with one attached hydrogen (secondary N) is 2. The Balaban J connectivity index is 1.73. The van der Waals surface area contributed by atoms with Crippen LogP contribution in [0.1, 0.15) is 48.5 Å². The first kappa shape index (κ1) is 21.4. The molecule has 3 rings (SSSR count). The molecule has 2 aliphatic rings. The van der Waals surface area contributed by atoms with Crippen molar-refractivity contribution in [3.05, 3.63) is 34.3 Å². The molecule has 0 bridgehead atoms. The summed E-state index contributed by atoms with van der Waals surface area (Å²) in [6, 6.07) is 4.73. The minimum atomic E-state index is -2.64. The normalized spacial score (nSPS) is 24.7. The summed E-state index contributed by atoms with van der Waals surface area (Å²) >= 11 is 6.12. The van der Waals surface area contributed by atoms with E-state index < -0.39 is 18.1 Å². The lowest BCUT2D eigenvalue weighted by Gasteiger charge is -2.50. The maximum absolute atomic E-state index is 13.8. The summed E-state index contributed by atoms with van der Waals surface area (Å²) in [4.78, 5) is 14.9. The summed E-state index contributed by atoms with van der Waals surface area (Å²) in [6.45, 7) is 4.02. The Morgan fingerprint density at radius 2 is 2.04 bits per heavy atom. The maximum atomic E-state index is 13.8. The second-order valence-corrected chi connectivity index (χ2v) is 8.42. The summed E-state index contributed by atoms with van der Waals surface area (Å²) in [7, 11) is 0. The van der Waals surface area contributed by atoms with Crippen molar-refractivity contribution in [1.82, 2.24) is 15.5 Å². The van der Waals surface area contributed by atoms with Gasteiger partial charge in [-0.3, -0.25) is 9.69 Å². The predicted molar refractivity (Wildman–Crippen MR) is 104 cm³/mol. The molecular formula is C20H27ClF3N3O. The summed E-state index contributed by atoms with van der Waals surface area (Å²) in [6.07, 6.45) is 0.323. The Labute approximate surface area is 168 Å². The van der Waals surface area contributed by atoms with Gasteiger partial charge in [0.25, 0.3) is 5.91 Å². The summed E-state index contributed by atoms with van der Waals surface area (Å²) in [5.41, 5.74) is 0.185. The van der Waals surface area contributed by atoms with E-state index in [0.717, 1.165) is 19.6 Å².